The standard InChI is InChI=1S/C19H23NO7S2/c1-4-27-19(21)13-16(14-8-7-9-15(12-14)26-2)20-29(24,25)18-11-6-5-10-17(18)28(3,22)23/h5-12,16,20H,4,13H2,1-3H3. The topological polar surface area (TPSA) is 116 Å². The quantitative estimate of drug-likeness (QED) is 0.592. The van der Waals surface area contributed by atoms with E-state index in [9.17, 15) is 21.6 Å². The lowest BCUT2D eigenvalue weighted by atomic mass is 10.0. The zero-order valence-corrected chi connectivity index (χ0v) is 17.9. The summed E-state index contributed by atoms with van der Waals surface area (Å²) in [6.07, 6.45) is 0.654. The van der Waals surface area contributed by atoms with Crippen molar-refractivity contribution in [1.82, 2.24) is 4.72 Å². The molecule has 0 bridgehead atoms. The Morgan fingerprint density at radius 2 is 1.69 bits per heavy atom. The first-order valence-electron chi connectivity index (χ1n) is 8.69. The lowest BCUT2D eigenvalue weighted by molar-refractivity contribution is -0.143. The third kappa shape index (κ3) is 6.02. The predicted molar refractivity (Wildman–Crippen MR) is 107 cm³/mol. The maximum Gasteiger partial charge on any atom is 0.307 e. The molecule has 0 fully saturated rings. The fourth-order valence-corrected chi connectivity index (χ4v) is 5.56. The van der Waals surface area contributed by atoms with E-state index in [1.807, 2.05) is 0 Å². The summed E-state index contributed by atoms with van der Waals surface area (Å²) in [5.41, 5.74) is 0.470. The number of methoxy groups -OCH3 is 1. The number of hydrogen-bond acceptors (Lipinski definition) is 7. The number of sulfonamides is 1. The van der Waals surface area contributed by atoms with E-state index in [0.717, 1.165) is 6.26 Å². The molecule has 0 aromatic heterocycles. The molecule has 2 aromatic carbocycles. The lowest BCUT2D eigenvalue weighted by Gasteiger charge is -2.20. The van der Waals surface area contributed by atoms with Crippen LogP contribution in [0.5, 0.6) is 5.75 Å². The molecule has 158 valence electrons. The summed E-state index contributed by atoms with van der Waals surface area (Å²) < 4.78 is 62.6. The van der Waals surface area contributed by atoms with E-state index >= 15 is 0 Å². The summed E-state index contributed by atoms with van der Waals surface area (Å²) in [6.45, 7) is 1.79. The highest BCUT2D eigenvalue weighted by molar-refractivity contribution is 7.93. The van der Waals surface area contributed by atoms with Crippen LogP contribution in [-0.4, -0.2) is 42.8 Å². The number of ether oxygens (including phenoxy) is 2. The number of carbonyl (C=O) groups excluding carboxylic acids is 1. The van der Waals surface area contributed by atoms with Gasteiger partial charge in [-0.1, -0.05) is 24.3 Å². The first kappa shape index (κ1) is 22.9. The molecule has 0 saturated heterocycles. The van der Waals surface area contributed by atoms with Crippen LogP contribution in [0.4, 0.5) is 0 Å². The molecule has 0 amide bonds. The summed E-state index contributed by atoms with van der Waals surface area (Å²) in [5.74, 6) is -0.119. The maximum atomic E-state index is 13.0. The molecule has 2 aromatic rings. The van der Waals surface area contributed by atoms with Gasteiger partial charge in [0.1, 0.15) is 10.6 Å². The second kappa shape index (κ2) is 9.38. The second-order valence-corrected chi connectivity index (χ2v) is 9.85. The van der Waals surface area contributed by atoms with Gasteiger partial charge in [-0.05, 0) is 36.8 Å². The highest BCUT2D eigenvalue weighted by Gasteiger charge is 2.28. The monoisotopic (exact) mass is 441 g/mol. The Hall–Kier alpha value is -2.43. The molecule has 0 aliphatic heterocycles. The minimum atomic E-state index is -4.28. The Balaban J connectivity index is 2.48. The Kier molecular flexibility index (Phi) is 7.39. The molecule has 1 N–H and O–H groups in total. The van der Waals surface area contributed by atoms with Crippen molar-refractivity contribution in [1.29, 1.82) is 0 Å². The van der Waals surface area contributed by atoms with Crippen LogP contribution in [0, 0.1) is 0 Å². The van der Waals surface area contributed by atoms with Crippen molar-refractivity contribution in [3.8, 4) is 5.75 Å². The molecule has 0 heterocycles. The summed E-state index contributed by atoms with van der Waals surface area (Å²) in [7, 11) is -6.61. The van der Waals surface area contributed by atoms with Crippen LogP contribution in [0.3, 0.4) is 0 Å². The molecule has 29 heavy (non-hydrogen) atoms. The normalized spacial score (nSPS) is 12.9. The fraction of sp³-hybridized carbons (Fsp3) is 0.316. The van der Waals surface area contributed by atoms with E-state index in [-0.39, 0.29) is 22.8 Å². The number of sulfone groups is 1. The van der Waals surface area contributed by atoms with Crippen LogP contribution in [-0.2, 0) is 29.4 Å². The van der Waals surface area contributed by atoms with Gasteiger partial charge in [-0.25, -0.2) is 21.6 Å². The first-order valence-corrected chi connectivity index (χ1v) is 12.1. The van der Waals surface area contributed by atoms with E-state index in [4.69, 9.17) is 9.47 Å². The summed E-state index contributed by atoms with van der Waals surface area (Å²) in [4.78, 5) is 11.3. The first-order chi connectivity index (χ1) is 13.6. The molecule has 10 heteroatoms. The van der Waals surface area contributed by atoms with Gasteiger partial charge in [0.15, 0.2) is 9.84 Å². The highest BCUT2D eigenvalue weighted by Crippen LogP contribution is 2.27. The van der Waals surface area contributed by atoms with Crippen LogP contribution in [0.2, 0.25) is 0 Å². The van der Waals surface area contributed by atoms with Gasteiger partial charge in [0, 0.05) is 6.26 Å². The van der Waals surface area contributed by atoms with Gasteiger partial charge in [-0.15, -0.1) is 0 Å². The average molecular weight is 442 g/mol. The minimum absolute atomic E-state index is 0.146. The van der Waals surface area contributed by atoms with Crippen molar-refractivity contribution < 1.29 is 31.1 Å². The van der Waals surface area contributed by atoms with E-state index in [0.29, 0.717) is 11.3 Å². The highest BCUT2D eigenvalue weighted by atomic mass is 32.2. The van der Waals surface area contributed by atoms with Crippen molar-refractivity contribution in [3.05, 3.63) is 54.1 Å². The van der Waals surface area contributed by atoms with Crippen molar-refractivity contribution in [2.24, 2.45) is 0 Å². The Morgan fingerprint density at radius 3 is 2.28 bits per heavy atom. The van der Waals surface area contributed by atoms with E-state index < -0.39 is 31.9 Å². The van der Waals surface area contributed by atoms with Gasteiger partial charge >= 0.3 is 5.97 Å². The lowest BCUT2D eigenvalue weighted by Crippen LogP contribution is -2.31. The average Bonchev–Trinajstić information content (AvgIpc) is 2.67. The SMILES string of the molecule is CCOC(=O)CC(NS(=O)(=O)c1ccccc1S(C)(=O)=O)c1cccc(OC)c1. The number of nitrogens with one attached hydrogen (secondary N) is 1. The van der Waals surface area contributed by atoms with Gasteiger partial charge in [-0.2, -0.15) is 0 Å². The van der Waals surface area contributed by atoms with Crippen LogP contribution in [0.1, 0.15) is 24.9 Å². The summed E-state index contributed by atoms with van der Waals surface area (Å²) >= 11 is 0. The molecular formula is C19H23NO7S2. The zero-order chi connectivity index (χ0) is 21.7. The number of carbonyl (C=O) groups is 1. The third-order valence-electron chi connectivity index (χ3n) is 4.01. The van der Waals surface area contributed by atoms with Crippen LogP contribution in [0.15, 0.2) is 58.3 Å². The van der Waals surface area contributed by atoms with Crippen molar-refractivity contribution in [2.75, 3.05) is 20.0 Å². The van der Waals surface area contributed by atoms with Gasteiger partial charge in [0.2, 0.25) is 10.0 Å². The molecule has 0 spiro atoms. The molecule has 0 radical (unpaired) electrons. The summed E-state index contributed by atoms with van der Waals surface area (Å²) in [6, 6.07) is 10.9. The molecule has 0 aliphatic rings. The zero-order valence-electron chi connectivity index (χ0n) is 16.3. The van der Waals surface area contributed by atoms with Crippen LogP contribution < -0.4 is 9.46 Å². The van der Waals surface area contributed by atoms with Gasteiger partial charge < -0.3 is 9.47 Å². The van der Waals surface area contributed by atoms with E-state index in [2.05, 4.69) is 4.72 Å². The van der Waals surface area contributed by atoms with E-state index in [1.165, 1.54) is 31.4 Å². The van der Waals surface area contributed by atoms with Crippen molar-refractivity contribution in [3.63, 3.8) is 0 Å². The van der Waals surface area contributed by atoms with Crippen molar-refractivity contribution in [2.45, 2.75) is 29.2 Å². The third-order valence-corrected chi connectivity index (χ3v) is 6.82. The van der Waals surface area contributed by atoms with Gasteiger partial charge in [-0.3, -0.25) is 4.79 Å². The predicted octanol–water partition coefficient (Wildman–Crippen LogP) is 2.07. The van der Waals surface area contributed by atoms with Crippen LogP contribution in [0.25, 0.3) is 0 Å². The Morgan fingerprint density at radius 1 is 1.03 bits per heavy atom. The maximum absolute atomic E-state index is 13.0. The molecule has 1 atom stereocenters. The summed E-state index contributed by atoms with van der Waals surface area (Å²) in [5, 5.41) is 0. The molecule has 2 rings (SSSR count). The van der Waals surface area contributed by atoms with Gasteiger partial charge in [0.05, 0.1) is 31.1 Å². The fourth-order valence-electron chi connectivity index (χ4n) is 2.70. The van der Waals surface area contributed by atoms with Crippen LogP contribution >= 0.6 is 0 Å². The minimum Gasteiger partial charge on any atom is -0.497 e. The molecule has 8 nitrogen and oxygen atoms in total. The smallest absolute Gasteiger partial charge is 0.307 e. The molecule has 0 aliphatic carbocycles. The number of esters is 1. The molecule has 1 unspecified atom stereocenters. The second-order valence-electron chi connectivity index (χ2n) is 6.18. The van der Waals surface area contributed by atoms with Gasteiger partial charge in [0.25, 0.3) is 0 Å². The van der Waals surface area contributed by atoms with E-state index in [1.54, 1.807) is 31.2 Å². The number of hydrogen-bond donors (Lipinski definition) is 1. The molecular weight excluding hydrogens is 418 g/mol. The largest absolute Gasteiger partial charge is 0.497 e. The number of benzene rings is 2. The number of rotatable bonds is 9. The Bertz CT molecular complexity index is 1080. The van der Waals surface area contributed by atoms with Crippen molar-refractivity contribution >= 4 is 25.8 Å². The Labute approximate surface area is 170 Å². The molecule has 0 saturated carbocycles.